The number of anilines is 6. The van der Waals surface area contributed by atoms with E-state index in [1.807, 2.05) is 13.8 Å². The maximum absolute atomic E-state index is 2.59. The van der Waals surface area contributed by atoms with Crippen molar-refractivity contribution < 1.29 is 0 Å². The molecular formula is C72H62N2. The summed E-state index contributed by atoms with van der Waals surface area (Å²) in [6, 6.07) is 79.5. The van der Waals surface area contributed by atoms with E-state index in [1.165, 1.54) is 122 Å². The number of aryl methyl sites for hydroxylation is 2. The molecule has 2 aliphatic carbocycles. The van der Waals surface area contributed by atoms with Crippen molar-refractivity contribution in [3.8, 4) is 33.4 Å². The number of nitrogens with zero attached hydrogens (tertiary/aromatic N) is 2. The van der Waals surface area contributed by atoms with Crippen molar-refractivity contribution in [3.63, 3.8) is 0 Å². The fourth-order valence-electron chi connectivity index (χ4n) is 12.2. The van der Waals surface area contributed by atoms with Gasteiger partial charge < -0.3 is 9.80 Å². The van der Waals surface area contributed by atoms with E-state index in [0.717, 1.165) is 36.3 Å². The topological polar surface area (TPSA) is 6.48 Å². The monoisotopic (exact) mass is 954 g/mol. The van der Waals surface area contributed by atoms with Gasteiger partial charge in [-0.3, -0.25) is 0 Å². The third-order valence-electron chi connectivity index (χ3n) is 15.7. The number of hydrogen-bond donors (Lipinski definition) is 0. The van der Waals surface area contributed by atoms with Crippen LogP contribution in [-0.2, 0) is 12.8 Å². The SMILES string of the molecule is CC.CCc1ccc(C)cc1-c1cccc(N(c2ccccc2-c2ccccc2)c2ccc3ccc4c(N(c5ccccc5-c5ccccc5)c5cccc6c5CC5=C6CC(C)C=C5)ccc5ccc2c3c54)c1C. The van der Waals surface area contributed by atoms with Crippen LogP contribution in [-0.4, -0.2) is 0 Å². The average molecular weight is 955 g/mol. The molecule has 0 N–H and O–H groups in total. The molecule has 0 amide bonds. The molecule has 1 atom stereocenters. The lowest BCUT2D eigenvalue weighted by Crippen LogP contribution is -2.14. The van der Waals surface area contributed by atoms with Gasteiger partial charge in [-0.25, -0.2) is 0 Å². The van der Waals surface area contributed by atoms with Gasteiger partial charge in [-0.1, -0.05) is 221 Å². The summed E-state index contributed by atoms with van der Waals surface area (Å²) < 4.78 is 0. The fraction of sp³-hybridized carbons (Fsp3) is 0.139. The lowest BCUT2D eigenvalue weighted by molar-refractivity contribution is 0.745. The van der Waals surface area contributed by atoms with Crippen molar-refractivity contribution in [3.05, 3.63) is 258 Å². The summed E-state index contributed by atoms with van der Waals surface area (Å²) in [5.41, 5.74) is 24.0. The van der Waals surface area contributed by atoms with E-state index in [0.29, 0.717) is 5.92 Å². The van der Waals surface area contributed by atoms with Crippen LogP contribution in [0.1, 0.15) is 61.9 Å². The van der Waals surface area contributed by atoms with Crippen LogP contribution < -0.4 is 9.80 Å². The second-order valence-corrected chi connectivity index (χ2v) is 20.0. The largest absolute Gasteiger partial charge is 0.309 e. The van der Waals surface area contributed by atoms with E-state index in [1.54, 1.807) is 0 Å². The quantitative estimate of drug-likeness (QED) is 0.126. The van der Waals surface area contributed by atoms with Gasteiger partial charge in [0.25, 0.3) is 0 Å². The van der Waals surface area contributed by atoms with E-state index in [-0.39, 0.29) is 0 Å². The summed E-state index contributed by atoms with van der Waals surface area (Å²) in [6.45, 7) is 13.1. The number of fused-ring (bicyclic) bond motifs is 2. The minimum atomic E-state index is 0.522. The Balaban J connectivity index is 0.00000275. The predicted molar refractivity (Wildman–Crippen MR) is 320 cm³/mol. The lowest BCUT2D eigenvalue weighted by atomic mass is 9.90. The minimum absolute atomic E-state index is 0.522. The zero-order chi connectivity index (χ0) is 50.5. The molecule has 0 saturated heterocycles. The summed E-state index contributed by atoms with van der Waals surface area (Å²) in [5.74, 6) is 0.522. The normalized spacial score (nSPS) is 13.8. The molecule has 11 aromatic rings. The van der Waals surface area contributed by atoms with Gasteiger partial charge in [0.2, 0.25) is 0 Å². The van der Waals surface area contributed by atoms with Crippen LogP contribution in [0.2, 0.25) is 0 Å². The molecule has 0 bridgehead atoms. The Kier molecular flexibility index (Phi) is 12.3. The molecule has 1 unspecified atom stereocenters. The second-order valence-electron chi connectivity index (χ2n) is 20.0. The van der Waals surface area contributed by atoms with Gasteiger partial charge in [-0.05, 0) is 146 Å². The van der Waals surface area contributed by atoms with Crippen LogP contribution in [0.4, 0.5) is 34.1 Å². The molecule has 11 aromatic carbocycles. The molecular weight excluding hydrogens is 893 g/mol. The third kappa shape index (κ3) is 7.88. The van der Waals surface area contributed by atoms with E-state index < -0.39 is 0 Å². The highest BCUT2D eigenvalue weighted by atomic mass is 15.2. The molecule has 360 valence electrons. The maximum atomic E-state index is 2.59. The molecule has 2 heteroatoms. The summed E-state index contributed by atoms with van der Waals surface area (Å²) in [6.07, 6.45) is 7.76. The number of para-hydroxylation sites is 2. The summed E-state index contributed by atoms with van der Waals surface area (Å²) >= 11 is 0. The molecule has 2 aliphatic rings. The Bertz CT molecular complexity index is 3950. The summed E-state index contributed by atoms with van der Waals surface area (Å²) in [7, 11) is 0. The summed E-state index contributed by atoms with van der Waals surface area (Å²) in [5, 5.41) is 7.47. The fourth-order valence-corrected chi connectivity index (χ4v) is 12.2. The Morgan fingerprint density at radius 2 is 0.946 bits per heavy atom. The van der Waals surface area contributed by atoms with Gasteiger partial charge in [0.1, 0.15) is 0 Å². The molecule has 13 rings (SSSR count). The van der Waals surface area contributed by atoms with Crippen LogP contribution in [0.15, 0.2) is 230 Å². The zero-order valence-electron chi connectivity index (χ0n) is 43.5. The smallest absolute Gasteiger partial charge is 0.0541 e. The minimum Gasteiger partial charge on any atom is -0.309 e. The lowest BCUT2D eigenvalue weighted by Gasteiger charge is -2.32. The number of benzene rings is 11. The van der Waals surface area contributed by atoms with Crippen molar-refractivity contribution in [1.82, 2.24) is 0 Å². The highest BCUT2D eigenvalue weighted by molar-refractivity contribution is 6.28. The second kappa shape index (κ2) is 19.5. The zero-order valence-corrected chi connectivity index (χ0v) is 43.5. The number of allylic oxidation sites excluding steroid dienone is 4. The van der Waals surface area contributed by atoms with E-state index in [4.69, 9.17) is 0 Å². The van der Waals surface area contributed by atoms with E-state index in [2.05, 4.69) is 262 Å². The Labute approximate surface area is 437 Å². The van der Waals surface area contributed by atoms with Crippen molar-refractivity contribution in [2.45, 2.75) is 60.8 Å². The van der Waals surface area contributed by atoms with Gasteiger partial charge >= 0.3 is 0 Å². The number of rotatable bonds is 10. The van der Waals surface area contributed by atoms with Crippen molar-refractivity contribution in [2.24, 2.45) is 5.92 Å². The molecule has 0 heterocycles. The Morgan fingerprint density at radius 1 is 0.446 bits per heavy atom. The maximum Gasteiger partial charge on any atom is 0.0541 e. The molecule has 0 spiro atoms. The van der Waals surface area contributed by atoms with Crippen LogP contribution in [0.5, 0.6) is 0 Å². The molecule has 0 radical (unpaired) electrons. The van der Waals surface area contributed by atoms with Crippen LogP contribution in [0.25, 0.3) is 71.3 Å². The number of hydrogen-bond acceptors (Lipinski definition) is 2. The molecule has 0 saturated carbocycles. The Hall–Kier alpha value is -8.46. The van der Waals surface area contributed by atoms with Gasteiger partial charge in [-0.2, -0.15) is 0 Å². The van der Waals surface area contributed by atoms with Gasteiger partial charge in [0.05, 0.1) is 28.4 Å². The van der Waals surface area contributed by atoms with Crippen LogP contribution in [0.3, 0.4) is 0 Å². The first kappa shape index (κ1) is 46.6. The van der Waals surface area contributed by atoms with Gasteiger partial charge in [-0.15, -0.1) is 0 Å². The Morgan fingerprint density at radius 3 is 1.54 bits per heavy atom. The highest BCUT2D eigenvalue weighted by Gasteiger charge is 2.31. The van der Waals surface area contributed by atoms with Gasteiger partial charge in [0, 0.05) is 34.0 Å². The van der Waals surface area contributed by atoms with Crippen LogP contribution >= 0.6 is 0 Å². The predicted octanol–water partition coefficient (Wildman–Crippen LogP) is 20.6. The molecule has 2 nitrogen and oxygen atoms in total. The van der Waals surface area contributed by atoms with Crippen molar-refractivity contribution in [2.75, 3.05) is 9.80 Å². The highest BCUT2D eigenvalue weighted by Crippen LogP contribution is 2.53. The average Bonchev–Trinajstić information content (AvgIpc) is 3.83. The molecule has 0 fully saturated rings. The van der Waals surface area contributed by atoms with E-state index in [9.17, 15) is 0 Å². The van der Waals surface area contributed by atoms with Crippen molar-refractivity contribution in [1.29, 1.82) is 0 Å². The summed E-state index contributed by atoms with van der Waals surface area (Å²) in [4.78, 5) is 5.14. The first-order chi connectivity index (χ1) is 36.4. The first-order valence-electron chi connectivity index (χ1n) is 26.7. The van der Waals surface area contributed by atoms with Gasteiger partial charge in [0.15, 0.2) is 0 Å². The third-order valence-corrected chi connectivity index (χ3v) is 15.7. The molecule has 0 aromatic heterocycles. The van der Waals surface area contributed by atoms with E-state index >= 15 is 0 Å². The van der Waals surface area contributed by atoms with Crippen molar-refractivity contribution >= 4 is 72.0 Å². The van der Waals surface area contributed by atoms with Crippen LogP contribution in [0, 0.1) is 19.8 Å². The molecule has 74 heavy (non-hydrogen) atoms. The first-order valence-corrected chi connectivity index (χ1v) is 26.7. The molecule has 0 aliphatic heterocycles. The standard InChI is InChI=1S/C70H56N2.C2H6/c1-5-48-32-30-45(2)42-60(48)54-24-16-28-63(47(54)4)71(64-26-14-12-22-55(64)49-18-8-6-9-19-49)67-40-36-51-35-39-59-68(41-37-52-34-38-58(67)69(51)70(52)59)72(65-27-15-13-23-56(65)50-20-10-7-11-21-50)66-29-17-25-57-61-43-46(3)31-33-53(61)44-62(57)66;1-2/h6-42,46H,5,43-44H2,1-4H3;1-2H3.